The Morgan fingerprint density at radius 1 is 1.24 bits per heavy atom. The van der Waals surface area contributed by atoms with Gasteiger partial charge in [0.1, 0.15) is 12.2 Å². The fourth-order valence-corrected chi connectivity index (χ4v) is 7.80. The number of carbonyl (C=O) groups is 3. The Balaban J connectivity index is 1.25. The molecule has 0 aliphatic carbocycles. The molecule has 0 radical (unpaired) electrons. The van der Waals surface area contributed by atoms with Gasteiger partial charge in [-0.15, -0.1) is 11.8 Å². The predicted molar refractivity (Wildman–Crippen MR) is 139 cm³/mol. The van der Waals surface area contributed by atoms with Crippen LogP contribution in [-0.4, -0.2) is 96.8 Å². The SMILES string of the molecule is C[C@@H]1S[C@@H]2CC(=O)N2C(C(=O)O)=C1C[N+]12CCC(CNC(=O)/C(=N\O)c3cc(O)c(O)c(Cl)c3)(CC1)CC2. The Morgan fingerprint density at radius 2 is 1.89 bits per heavy atom. The Labute approximate surface area is 228 Å². The third kappa shape index (κ3) is 4.48. The molecule has 0 unspecified atom stereocenters. The van der Waals surface area contributed by atoms with E-state index in [1.165, 1.54) is 11.0 Å². The van der Waals surface area contributed by atoms with Crippen molar-refractivity contribution in [3.05, 3.63) is 34.0 Å². The molecule has 11 nitrogen and oxygen atoms in total. The normalized spacial score (nSPS) is 30.6. The largest absolute Gasteiger partial charge is 0.504 e. The first kappa shape index (κ1) is 26.6. The van der Waals surface area contributed by atoms with Gasteiger partial charge in [0, 0.05) is 47.6 Å². The summed E-state index contributed by atoms with van der Waals surface area (Å²) in [5.41, 5.74) is 0.604. The molecule has 0 spiro atoms. The van der Waals surface area contributed by atoms with E-state index in [0.717, 1.165) is 55.0 Å². The Kier molecular flexibility index (Phi) is 6.77. The Hall–Kier alpha value is -2.96. The highest BCUT2D eigenvalue weighted by atomic mass is 35.5. The average molecular weight is 566 g/mol. The van der Waals surface area contributed by atoms with Crippen molar-refractivity contribution in [3.63, 3.8) is 0 Å². The van der Waals surface area contributed by atoms with E-state index in [0.29, 0.717) is 19.5 Å². The number of phenolic OH excluding ortho intramolecular Hbond substituents is 2. The number of amides is 2. The van der Waals surface area contributed by atoms with Crippen molar-refractivity contribution in [2.45, 2.75) is 43.2 Å². The molecule has 4 saturated heterocycles. The van der Waals surface area contributed by atoms with Crippen molar-refractivity contribution >= 4 is 46.9 Å². The van der Waals surface area contributed by atoms with E-state index in [9.17, 15) is 34.9 Å². The summed E-state index contributed by atoms with van der Waals surface area (Å²) in [6.45, 7) is 5.51. The van der Waals surface area contributed by atoms with Crippen LogP contribution in [0.3, 0.4) is 0 Å². The number of hydrogen-bond donors (Lipinski definition) is 5. The number of piperidine rings is 3. The van der Waals surface area contributed by atoms with Gasteiger partial charge in [-0.05, 0) is 19.1 Å². The number of aliphatic carboxylic acids is 1. The summed E-state index contributed by atoms with van der Waals surface area (Å²) in [7, 11) is 0. The third-order valence-corrected chi connectivity index (χ3v) is 10.3. The maximum absolute atomic E-state index is 12.9. The van der Waals surface area contributed by atoms with E-state index in [1.54, 1.807) is 11.8 Å². The number of nitrogens with zero attached hydrogens (tertiary/aromatic N) is 3. The van der Waals surface area contributed by atoms with Crippen LogP contribution in [0.25, 0.3) is 0 Å². The lowest BCUT2D eigenvalue weighted by atomic mass is 9.70. The maximum atomic E-state index is 12.9. The van der Waals surface area contributed by atoms with Crippen molar-refractivity contribution in [3.8, 4) is 11.5 Å². The van der Waals surface area contributed by atoms with Crippen LogP contribution in [-0.2, 0) is 14.4 Å². The van der Waals surface area contributed by atoms with Gasteiger partial charge in [-0.25, -0.2) is 4.79 Å². The number of hydrogen-bond acceptors (Lipinski definition) is 8. The standard InChI is InChI=1S/C25H29ClN4O7S/c1-13-15(21(24(35)36)29-18(32)10-19(29)38-13)11-30-5-2-25(3-6-30,4-7-30)12-27-23(34)20(28-37)14-8-16(26)22(33)17(31)9-14/h8-9,13,19H,2-7,10-12H2,1H3,(H4-,27,28,31,33,34,35,36,37)/p+1/t13-,19+,25?,30?/m0/s1. The molecule has 5 aliphatic heterocycles. The molecule has 0 aromatic heterocycles. The van der Waals surface area contributed by atoms with E-state index in [1.807, 2.05) is 6.92 Å². The van der Waals surface area contributed by atoms with Gasteiger partial charge >= 0.3 is 5.97 Å². The molecule has 1 aromatic rings. The minimum atomic E-state index is -1.04. The van der Waals surface area contributed by atoms with Crippen molar-refractivity contribution in [2.24, 2.45) is 10.6 Å². The number of carbonyl (C=O) groups excluding carboxylic acids is 2. The van der Waals surface area contributed by atoms with Gasteiger partial charge in [-0.1, -0.05) is 16.8 Å². The van der Waals surface area contributed by atoms with Gasteiger partial charge in [0.15, 0.2) is 17.2 Å². The lowest BCUT2D eigenvalue weighted by Crippen LogP contribution is -2.65. The lowest BCUT2D eigenvalue weighted by molar-refractivity contribution is -0.941. The second-order valence-corrected chi connectivity index (χ2v) is 12.7. The molecule has 5 N–H and O–H groups in total. The number of phenols is 2. The molecule has 5 aliphatic rings. The fourth-order valence-electron chi connectivity index (χ4n) is 6.18. The van der Waals surface area contributed by atoms with Crippen LogP contribution in [0.1, 0.15) is 38.2 Å². The number of benzene rings is 1. The summed E-state index contributed by atoms with van der Waals surface area (Å²) in [6, 6.07) is 2.33. The first-order valence-electron chi connectivity index (χ1n) is 12.5. The van der Waals surface area contributed by atoms with E-state index >= 15 is 0 Å². The first-order valence-corrected chi connectivity index (χ1v) is 13.8. The minimum absolute atomic E-state index is 0.0277. The summed E-state index contributed by atoms with van der Waals surface area (Å²) in [5.74, 6) is -2.86. The zero-order valence-corrected chi connectivity index (χ0v) is 22.4. The summed E-state index contributed by atoms with van der Waals surface area (Å²) < 4.78 is 0.772. The second kappa shape index (κ2) is 9.65. The average Bonchev–Trinajstić information content (AvgIpc) is 2.88. The van der Waals surface area contributed by atoms with Gasteiger partial charge in [-0.2, -0.15) is 0 Å². The van der Waals surface area contributed by atoms with Crippen LogP contribution in [0.5, 0.6) is 11.5 Å². The zero-order valence-electron chi connectivity index (χ0n) is 20.8. The topological polar surface area (TPSA) is 160 Å². The molecule has 2 amide bonds. The van der Waals surface area contributed by atoms with Crippen molar-refractivity contribution in [1.82, 2.24) is 10.2 Å². The Bertz CT molecular complexity index is 1230. The summed E-state index contributed by atoms with van der Waals surface area (Å²) in [6.07, 6.45) is 2.91. The van der Waals surface area contributed by atoms with Crippen molar-refractivity contribution in [2.75, 3.05) is 32.7 Å². The van der Waals surface area contributed by atoms with Crippen LogP contribution in [0.4, 0.5) is 0 Å². The van der Waals surface area contributed by atoms with Crippen LogP contribution < -0.4 is 5.32 Å². The Morgan fingerprint density at radius 3 is 2.45 bits per heavy atom. The van der Waals surface area contributed by atoms with Gasteiger partial charge in [0.25, 0.3) is 5.91 Å². The van der Waals surface area contributed by atoms with Crippen LogP contribution in [0.2, 0.25) is 5.02 Å². The molecule has 5 heterocycles. The number of aromatic hydroxyl groups is 2. The zero-order chi connectivity index (χ0) is 27.4. The smallest absolute Gasteiger partial charge is 0.352 e. The van der Waals surface area contributed by atoms with Gasteiger partial charge in [0.2, 0.25) is 5.91 Å². The molecule has 2 bridgehead atoms. The van der Waals surface area contributed by atoms with E-state index in [4.69, 9.17) is 11.6 Å². The van der Waals surface area contributed by atoms with Gasteiger partial charge < -0.3 is 30.3 Å². The van der Waals surface area contributed by atoms with Crippen LogP contribution >= 0.6 is 23.4 Å². The first-order chi connectivity index (χ1) is 18.0. The molecule has 1 aromatic carbocycles. The van der Waals surface area contributed by atoms with Crippen molar-refractivity contribution in [1.29, 1.82) is 0 Å². The highest BCUT2D eigenvalue weighted by molar-refractivity contribution is 8.00. The predicted octanol–water partition coefficient (Wildman–Crippen LogP) is 2.08. The summed E-state index contributed by atoms with van der Waals surface area (Å²) >= 11 is 7.53. The van der Waals surface area contributed by atoms with E-state index in [2.05, 4.69) is 10.5 Å². The number of oxime groups is 1. The lowest BCUT2D eigenvalue weighted by Gasteiger charge is -2.56. The molecular formula is C25H30ClN4O7S+. The maximum Gasteiger partial charge on any atom is 0.352 e. The molecule has 204 valence electrons. The van der Waals surface area contributed by atoms with Crippen molar-refractivity contribution < 1.29 is 39.4 Å². The number of carboxylic acids is 1. The minimum Gasteiger partial charge on any atom is -0.504 e. The number of carboxylic acid groups (broad SMARTS) is 1. The number of nitrogens with one attached hydrogen (secondary N) is 1. The highest BCUT2D eigenvalue weighted by Gasteiger charge is 2.53. The van der Waals surface area contributed by atoms with Gasteiger partial charge in [0.05, 0.1) is 36.5 Å². The van der Waals surface area contributed by atoms with Crippen LogP contribution in [0, 0.1) is 5.41 Å². The second-order valence-electron chi connectivity index (χ2n) is 10.8. The molecule has 6 rings (SSSR count). The number of quaternary nitrogens is 1. The molecule has 0 saturated carbocycles. The molecule has 13 heteroatoms. The monoisotopic (exact) mass is 565 g/mol. The molecule has 4 fully saturated rings. The number of halogens is 1. The molecule has 38 heavy (non-hydrogen) atoms. The molecule has 2 atom stereocenters. The number of thioether (sulfide) groups is 1. The van der Waals surface area contributed by atoms with Crippen LogP contribution in [0.15, 0.2) is 28.6 Å². The summed E-state index contributed by atoms with van der Waals surface area (Å²) in [5, 5.41) is 44.6. The fraction of sp³-hybridized carbons (Fsp3) is 0.520. The van der Waals surface area contributed by atoms with Gasteiger partial charge in [-0.3, -0.25) is 14.5 Å². The van der Waals surface area contributed by atoms with E-state index < -0.39 is 23.4 Å². The number of β-lactam (4-membered cyclic amide) rings is 1. The highest BCUT2D eigenvalue weighted by Crippen LogP contribution is 2.48. The number of rotatable bonds is 7. The third-order valence-electron chi connectivity index (χ3n) is 8.62. The molecular weight excluding hydrogens is 536 g/mol. The quantitative estimate of drug-likeness (QED) is 0.0839. The summed E-state index contributed by atoms with van der Waals surface area (Å²) in [4.78, 5) is 38.6. The van der Waals surface area contributed by atoms with E-state index in [-0.39, 0.29) is 43.9 Å². The number of fused-ring (bicyclic) bond motifs is 4.